The molecule has 0 bridgehead atoms. The number of aromatic nitrogens is 1. The molecule has 0 spiro atoms. The van der Waals surface area contributed by atoms with Crippen molar-refractivity contribution in [1.29, 1.82) is 0 Å². The number of hydrogen-bond donors (Lipinski definition) is 1. The normalized spacial score (nSPS) is 15.3. The first-order valence-corrected chi connectivity index (χ1v) is 13.2. The van der Waals surface area contributed by atoms with Crippen LogP contribution in [0.1, 0.15) is 37.9 Å². The van der Waals surface area contributed by atoms with Gasteiger partial charge in [-0.2, -0.15) is 0 Å². The van der Waals surface area contributed by atoms with E-state index >= 15 is 0 Å². The molecule has 12 heteroatoms. The number of benzene rings is 2. The van der Waals surface area contributed by atoms with Crippen LogP contribution in [0.25, 0.3) is 6.08 Å². The van der Waals surface area contributed by atoms with Gasteiger partial charge in [0, 0.05) is 5.02 Å². The smallest absolute Gasteiger partial charge is 0.341 e. The molecule has 1 atom stereocenters. The summed E-state index contributed by atoms with van der Waals surface area (Å²) in [6.07, 6.45) is 1.22. The molecule has 2 aromatic carbocycles. The Morgan fingerprint density at radius 2 is 1.79 bits per heavy atom. The number of halogens is 3. The standard InChI is InChI=1S/C26H21Cl3N2O6S/c1-12(2)37-25(35)21-13(3)30-26-31(22(21)15-4-6-16(27)7-5-15)24(34)19(38-26)10-14-8-17(28)23(18(29)9-14)36-11-20(32)33/h4-10,12,22H,11H2,1-3H3,(H,32,33)/b19-10-/t22-/m0/s1. The third-order valence-corrected chi connectivity index (χ3v) is 7.22. The van der Waals surface area contributed by atoms with E-state index < -0.39 is 24.6 Å². The van der Waals surface area contributed by atoms with Crippen LogP contribution >= 0.6 is 46.1 Å². The van der Waals surface area contributed by atoms with Crippen LogP contribution < -0.4 is 19.6 Å². The minimum atomic E-state index is -1.18. The molecular formula is C26H21Cl3N2O6S. The number of ether oxygens (including phenoxy) is 2. The average molecular weight is 596 g/mol. The molecule has 38 heavy (non-hydrogen) atoms. The lowest BCUT2D eigenvalue weighted by Gasteiger charge is -2.25. The predicted molar refractivity (Wildman–Crippen MR) is 146 cm³/mol. The van der Waals surface area contributed by atoms with Crippen LogP contribution in [0.15, 0.2) is 57.5 Å². The number of nitrogens with zero attached hydrogens (tertiary/aromatic N) is 2. The molecule has 1 aliphatic rings. The molecule has 4 rings (SSSR count). The minimum absolute atomic E-state index is 0.0287. The number of hydrogen-bond acceptors (Lipinski definition) is 7. The van der Waals surface area contributed by atoms with Crippen molar-refractivity contribution in [1.82, 2.24) is 4.57 Å². The maximum Gasteiger partial charge on any atom is 0.341 e. The van der Waals surface area contributed by atoms with E-state index in [0.29, 0.717) is 31.2 Å². The monoisotopic (exact) mass is 594 g/mol. The Morgan fingerprint density at radius 3 is 2.37 bits per heavy atom. The summed E-state index contributed by atoms with van der Waals surface area (Å²) in [6.45, 7) is 4.58. The van der Waals surface area contributed by atoms with Crippen molar-refractivity contribution in [2.75, 3.05) is 6.61 Å². The van der Waals surface area contributed by atoms with E-state index in [-0.39, 0.29) is 33.0 Å². The van der Waals surface area contributed by atoms with Crippen molar-refractivity contribution in [3.8, 4) is 5.75 Å². The average Bonchev–Trinajstić information content (AvgIpc) is 3.11. The van der Waals surface area contributed by atoms with Gasteiger partial charge in [-0.3, -0.25) is 9.36 Å². The summed E-state index contributed by atoms with van der Waals surface area (Å²) in [5.74, 6) is -1.71. The molecule has 1 aliphatic heterocycles. The van der Waals surface area contributed by atoms with Gasteiger partial charge >= 0.3 is 11.9 Å². The maximum atomic E-state index is 13.7. The molecule has 8 nitrogen and oxygen atoms in total. The second kappa shape index (κ2) is 11.3. The maximum absolute atomic E-state index is 13.7. The van der Waals surface area contributed by atoms with Crippen molar-refractivity contribution in [3.63, 3.8) is 0 Å². The topological polar surface area (TPSA) is 107 Å². The molecule has 1 aromatic heterocycles. The zero-order valence-corrected chi connectivity index (χ0v) is 23.4. The van der Waals surface area contributed by atoms with Gasteiger partial charge in [-0.05, 0) is 62.2 Å². The Hall–Kier alpha value is -3.11. The lowest BCUT2D eigenvalue weighted by Crippen LogP contribution is -2.40. The lowest BCUT2D eigenvalue weighted by molar-refractivity contribution is -0.143. The fourth-order valence-corrected chi connectivity index (χ4v) is 5.69. The van der Waals surface area contributed by atoms with E-state index in [4.69, 9.17) is 49.4 Å². The van der Waals surface area contributed by atoms with Crippen molar-refractivity contribution in [2.45, 2.75) is 32.9 Å². The Morgan fingerprint density at radius 1 is 1.16 bits per heavy atom. The summed E-state index contributed by atoms with van der Waals surface area (Å²) in [6, 6.07) is 9.11. The summed E-state index contributed by atoms with van der Waals surface area (Å²) in [4.78, 5) is 42.6. The van der Waals surface area contributed by atoms with Crippen molar-refractivity contribution >= 4 is 64.2 Å². The fraction of sp³-hybridized carbons (Fsp3) is 0.231. The Balaban J connectivity index is 1.86. The molecule has 0 radical (unpaired) electrons. The third kappa shape index (κ3) is 5.81. The van der Waals surface area contributed by atoms with Crippen LogP contribution in [0.4, 0.5) is 0 Å². The van der Waals surface area contributed by atoms with Gasteiger partial charge < -0.3 is 14.6 Å². The number of carboxylic acid groups (broad SMARTS) is 1. The highest BCUT2D eigenvalue weighted by molar-refractivity contribution is 7.07. The first-order chi connectivity index (χ1) is 18.0. The van der Waals surface area contributed by atoms with Crippen LogP contribution in [0.2, 0.25) is 15.1 Å². The number of carbonyl (C=O) groups is 2. The first-order valence-electron chi connectivity index (χ1n) is 11.3. The fourth-order valence-electron chi connectivity index (χ4n) is 3.91. The van der Waals surface area contributed by atoms with Crippen LogP contribution in [0.3, 0.4) is 0 Å². The van der Waals surface area contributed by atoms with Crippen molar-refractivity contribution in [3.05, 3.63) is 93.6 Å². The number of rotatable bonds is 7. The number of esters is 1. The summed E-state index contributed by atoms with van der Waals surface area (Å²) < 4.78 is 12.4. The van der Waals surface area contributed by atoms with E-state index in [1.165, 1.54) is 16.7 Å². The molecule has 2 heterocycles. The molecule has 0 unspecified atom stereocenters. The predicted octanol–water partition coefficient (Wildman–Crippen LogP) is 4.61. The van der Waals surface area contributed by atoms with Gasteiger partial charge in [0.1, 0.15) is 0 Å². The van der Waals surface area contributed by atoms with Gasteiger partial charge in [0.05, 0.1) is 38.0 Å². The van der Waals surface area contributed by atoms with Gasteiger partial charge in [0.15, 0.2) is 17.2 Å². The summed E-state index contributed by atoms with van der Waals surface area (Å²) in [7, 11) is 0. The highest BCUT2D eigenvalue weighted by Crippen LogP contribution is 2.35. The molecule has 0 saturated heterocycles. The number of fused-ring (bicyclic) bond motifs is 1. The van der Waals surface area contributed by atoms with Crippen molar-refractivity contribution in [2.24, 2.45) is 4.99 Å². The summed E-state index contributed by atoms with van der Waals surface area (Å²) >= 11 is 19.8. The Kier molecular flexibility index (Phi) is 8.32. The van der Waals surface area contributed by atoms with Gasteiger partial charge in [0.25, 0.3) is 5.56 Å². The molecule has 0 aliphatic carbocycles. The second-order valence-corrected chi connectivity index (χ2v) is 10.8. The van der Waals surface area contributed by atoms with E-state index in [1.807, 2.05) is 0 Å². The van der Waals surface area contributed by atoms with Gasteiger partial charge in [-0.1, -0.05) is 58.3 Å². The Labute approximate surface area is 236 Å². The molecule has 198 valence electrons. The molecule has 0 fully saturated rings. The number of allylic oxidation sites excluding steroid dienone is 1. The van der Waals surface area contributed by atoms with Crippen LogP contribution in [-0.4, -0.2) is 34.3 Å². The molecule has 0 saturated carbocycles. The van der Waals surface area contributed by atoms with Gasteiger partial charge in [-0.25, -0.2) is 14.6 Å². The van der Waals surface area contributed by atoms with E-state index in [0.717, 1.165) is 11.3 Å². The van der Waals surface area contributed by atoms with E-state index in [9.17, 15) is 14.4 Å². The quantitative estimate of drug-likeness (QED) is 0.400. The largest absolute Gasteiger partial charge is 0.479 e. The first kappa shape index (κ1) is 27.9. The van der Waals surface area contributed by atoms with Gasteiger partial charge in [0.2, 0.25) is 0 Å². The molecular weight excluding hydrogens is 575 g/mol. The third-order valence-electron chi connectivity index (χ3n) is 5.43. The molecule has 0 amide bonds. The number of thiazole rings is 1. The Bertz CT molecular complexity index is 1620. The van der Waals surface area contributed by atoms with Crippen LogP contribution in [-0.2, 0) is 14.3 Å². The number of carbonyl (C=O) groups excluding carboxylic acids is 1. The molecule has 1 N–H and O–H groups in total. The number of aliphatic carboxylic acids is 1. The van der Waals surface area contributed by atoms with Crippen LogP contribution in [0.5, 0.6) is 5.75 Å². The highest BCUT2D eigenvalue weighted by Gasteiger charge is 2.33. The zero-order chi connectivity index (χ0) is 27.7. The van der Waals surface area contributed by atoms with Crippen LogP contribution in [0, 0.1) is 0 Å². The minimum Gasteiger partial charge on any atom is -0.479 e. The van der Waals surface area contributed by atoms with Gasteiger partial charge in [-0.15, -0.1) is 0 Å². The van der Waals surface area contributed by atoms with E-state index in [1.54, 1.807) is 51.1 Å². The highest BCUT2D eigenvalue weighted by atomic mass is 35.5. The number of carboxylic acids is 1. The molecule has 3 aromatic rings. The SMILES string of the molecule is CC1=C(C(=O)OC(C)C)[C@H](c2ccc(Cl)cc2)n2c(s/c(=C\c3cc(Cl)c(OCC(=O)O)c(Cl)c3)c2=O)=N1. The summed E-state index contributed by atoms with van der Waals surface area (Å²) in [5, 5.41) is 9.54. The zero-order valence-electron chi connectivity index (χ0n) is 20.3. The lowest BCUT2D eigenvalue weighted by atomic mass is 9.96. The second-order valence-electron chi connectivity index (χ2n) is 8.58. The van der Waals surface area contributed by atoms with E-state index in [2.05, 4.69) is 4.99 Å². The van der Waals surface area contributed by atoms with Crippen molar-refractivity contribution < 1.29 is 24.2 Å². The summed E-state index contributed by atoms with van der Waals surface area (Å²) in [5.41, 5.74) is 1.47.